The molecule has 0 unspecified atom stereocenters. The van der Waals surface area contributed by atoms with Gasteiger partial charge in [-0.1, -0.05) is 0 Å². The van der Waals surface area contributed by atoms with Crippen LogP contribution >= 0.6 is 11.3 Å². The van der Waals surface area contributed by atoms with Gasteiger partial charge in [-0.3, -0.25) is 19.6 Å². The Kier molecular flexibility index (Phi) is 3.31. The van der Waals surface area contributed by atoms with E-state index >= 15 is 0 Å². The highest BCUT2D eigenvalue weighted by molar-refractivity contribution is 7.18. The van der Waals surface area contributed by atoms with E-state index in [4.69, 9.17) is 5.84 Å². The van der Waals surface area contributed by atoms with Crippen molar-refractivity contribution in [1.29, 1.82) is 0 Å². The maximum atomic E-state index is 12.6. The summed E-state index contributed by atoms with van der Waals surface area (Å²) in [6, 6.07) is -0.663. The number of hydrazine groups is 1. The van der Waals surface area contributed by atoms with E-state index in [9.17, 15) is 9.59 Å². The smallest absolute Gasteiger partial charge is 0.263 e. The van der Waals surface area contributed by atoms with Crippen LogP contribution in [0.2, 0.25) is 0 Å². The molecular formula is C13H16N4O2S. The monoisotopic (exact) mass is 292 g/mol. The zero-order valence-corrected chi connectivity index (χ0v) is 12.0. The molecular weight excluding hydrogens is 276 g/mol. The fraction of sp³-hybridized carbons (Fsp3) is 0.462. The first-order valence-corrected chi connectivity index (χ1v) is 7.47. The van der Waals surface area contributed by atoms with E-state index < -0.39 is 11.9 Å². The fourth-order valence-electron chi connectivity index (χ4n) is 2.68. The predicted octanol–water partition coefficient (Wildman–Crippen LogP) is 0.888. The number of nitrogens with zero attached hydrogens (tertiary/aromatic N) is 2. The Morgan fingerprint density at radius 1 is 1.50 bits per heavy atom. The molecule has 0 aromatic carbocycles. The van der Waals surface area contributed by atoms with Crippen molar-refractivity contribution in [3.8, 4) is 0 Å². The largest absolute Gasteiger partial charge is 0.292 e. The first kappa shape index (κ1) is 13.3. The third kappa shape index (κ3) is 1.94. The average molecular weight is 292 g/mol. The molecule has 0 spiro atoms. The van der Waals surface area contributed by atoms with Gasteiger partial charge in [-0.2, -0.15) is 0 Å². The first-order chi connectivity index (χ1) is 9.63. The van der Waals surface area contributed by atoms with Crippen LogP contribution in [0.3, 0.4) is 0 Å². The molecule has 7 heteroatoms. The Morgan fingerprint density at radius 2 is 2.25 bits per heavy atom. The zero-order valence-electron chi connectivity index (χ0n) is 11.2. The van der Waals surface area contributed by atoms with Crippen molar-refractivity contribution in [2.24, 2.45) is 5.84 Å². The number of rotatable bonds is 2. The average Bonchev–Trinajstić information content (AvgIpc) is 2.85. The summed E-state index contributed by atoms with van der Waals surface area (Å²) < 4.78 is 1.35. The maximum Gasteiger partial charge on any atom is 0.263 e. The number of amides is 1. The van der Waals surface area contributed by atoms with Gasteiger partial charge in [0.2, 0.25) is 0 Å². The van der Waals surface area contributed by atoms with Gasteiger partial charge >= 0.3 is 0 Å². The second-order valence-corrected chi connectivity index (χ2v) is 6.12. The fourth-order valence-corrected chi connectivity index (χ4v) is 3.90. The molecule has 2 heterocycles. The number of hydrogen-bond acceptors (Lipinski definition) is 5. The van der Waals surface area contributed by atoms with Crippen LogP contribution in [0.1, 0.15) is 36.2 Å². The minimum absolute atomic E-state index is 0.148. The van der Waals surface area contributed by atoms with Gasteiger partial charge in [0.05, 0.1) is 11.7 Å². The number of nitrogens with two attached hydrogens (primary N) is 1. The van der Waals surface area contributed by atoms with Crippen LogP contribution in [0.5, 0.6) is 0 Å². The number of hydrogen-bond donors (Lipinski definition) is 2. The summed E-state index contributed by atoms with van der Waals surface area (Å²) in [5.74, 6) is 4.73. The van der Waals surface area contributed by atoms with Crippen LogP contribution in [-0.4, -0.2) is 15.5 Å². The van der Waals surface area contributed by atoms with Gasteiger partial charge in [-0.15, -0.1) is 11.3 Å². The topological polar surface area (TPSA) is 90.0 Å². The standard InChI is InChI=1S/C13H16N4O2S/c1-7(11(18)16-14)17-6-15-12-10(13(17)19)8-4-2-3-5-9(8)20-12/h6-7H,2-5,14H2,1H3,(H,16,18)/t7-/m1/s1. The molecule has 0 radical (unpaired) electrons. The van der Waals surface area contributed by atoms with E-state index in [1.807, 2.05) is 0 Å². The Labute approximate surface area is 119 Å². The van der Waals surface area contributed by atoms with Crippen LogP contribution in [0.15, 0.2) is 11.1 Å². The number of nitrogens with one attached hydrogen (secondary N) is 1. The molecule has 0 aliphatic heterocycles. The molecule has 0 bridgehead atoms. The number of carbonyl (C=O) groups is 1. The highest BCUT2D eigenvalue weighted by atomic mass is 32.1. The lowest BCUT2D eigenvalue weighted by Crippen LogP contribution is -2.39. The van der Waals surface area contributed by atoms with Crippen molar-refractivity contribution in [2.75, 3.05) is 0 Å². The van der Waals surface area contributed by atoms with Crippen molar-refractivity contribution in [3.05, 3.63) is 27.1 Å². The van der Waals surface area contributed by atoms with Gasteiger partial charge < -0.3 is 0 Å². The third-order valence-electron chi connectivity index (χ3n) is 3.84. The van der Waals surface area contributed by atoms with Gasteiger partial charge in [-0.25, -0.2) is 10.8 Å². The highest BCUT2D eigenvalue weighted by Gasteiger charge is 2.22. The first-order valence-electron chi connectivity index (χ1n) is 6.65. The lowest BCUT2D eigenvalue weighted by molar-refractivity contribution is -0.124. The number of aromatic nitrogens is 2. The van der Waals surface area contributed by atoms with Crippen LogP contribution in [-0.2, 0) is 17.6 Å². The molecule has 2 aromatic heterocycles. The number of thiophene rings is 1. The van der Waals surface area contributed by atoms with E-state index in [0.717, 1.165) is 29.7 Å². The lowest BCUT2D eigenvalue weighted by atomic mass is 9.97. The van der Waals surface area contributed by atoms with Crippen LogP contribution in [0, 0.1) is 0 Å². The number of aryl methyl sites for hydroxylation is 2. The normalized spacial score (nSPS) is 15.9. The Hall–Kier alpha value is -1.73. The lowest BCUT2D eigenvalue weighted by Gasteiger charge is -2.13. The second kappa shape index (κ2) is 4.99. The third-order valence-corrected chi connectivity index (χ3v) is 5.04. The van der Waals surface area contributed by atoms with Crippen molar-refractivity contribution in [1.82, 2.24) is 15.0 Å². The predicted molar refractivity (Wildman–Crippen MR) is 77.6 cm³/mol. The number of carbonyl (C=O) groups excluding carboxylic acids is 1. The molecule has 106 valence electrons. The van der Waals surface area contributed by atoms with Crippen molar-refractivity contribution in [2.45, 2.75) is 38.6 Å². The quantitative estimate of drug-likeness (QED) is 0.488. The molecule has 1 atom stereocenters. The molecule has 1 amide bonds. The summed E-state index contributed by atoms with van der Waals surface area (Å²) >= 11 is 1.60. The van der Waals surface area contributed by atoms with Gasteiger partial charge in [0.15, 0.2) is 0 Å². The molecule has 3 N–H and O–H groups in total. The highest BCUT2D eigenvalue weighted by Crippen LogP contribution is 2.33. The van der Waals surface area contributed by atoms with E-state index in [2.05, 4.69) is 10.4 Å². The summed E-state index contributed by atoms with van der Waals surface area (Å²) in [6.07, 6.45) is 5.65. The van der Waals surface area contributed by atoms with Crippen molar-refractivity contribution in [3.63, 3.8) is 0 Å². The molecule has 0 saturated carbocycles. The molecule has 2 aromatic rings. The molecule has 3 rings (SSSR count). The second-order valence-electron chi connectivity index (χ2n) is 5.03. The molecule has 0 saturated heterocycles. The van der Waals surface area contributed by atoms with Crippen molar-refractivity contribution >= 4 is 27.5 Å². The molecule has 1 aliphatic rings. The summed E-state index contributed by atoms with van der Waals surface area (Å²) in [4.78, 5) is 30.6. The van der Waals surface area contributed by atoms with E-state index in [0.29, 0.717) is 5.39 Å². The summed E-state index contributed by atoms with van der Waals surface area (Å²) in [6.45, 7) is 1.63. The minimum Gasteiger partial charge on any atom is -0.292 e. The van der Waals surface area contributed by atoms with Gasteiger partial charge in [0.1, 0.15) is 10.9 Å². The Bertz CT molecular complexity index is 734. The van der Waals surface area contributed by atoms with E-state index in [-0.39, 0.29) is 5.56 Å². The van der Waals surface area contributed by atoms with Crippen molar-refractivity contribution < 1.29 is 4.79 Å². The molecule has 6 nitrogen and oxygen atoms in total. The molecule has 0 fully saturated rings. The minimum atomic E-state index is -0.663. The molecule has 20 heavy (non-hydrogen) atoms. The Balaban J connectivity index is 2.20. The SMILES string of the molecule is C[C@H](C(=O)NN)n1cnc2sc3c(c2c1=O)CCCC3. The number of fused-ring (bicyclic) bond motifs is 3. The van der Waals surface area contributed by atoms with E-state index in [1.165, 1.54) is 22.2 Å². The maximum absolute atomic E-state index is 12.6. The summed E-state index contributed by atoms with van der Waals surface area (Å²) in [7, 11) is 0. The van der Waals surface area contributed by atoms with Crippen LogP contribution < -0.4 is 16.8 Å². The van der Waals surface area contributed by atoms with Crippen LogP contribution in [0.4, 0.5) is 0 Å². The summed E-state index contributed by atoms with van der Waals surface area (Å²) in [5, 5.41) is 0.684. The Morgan fingerprint density at radius 3 is 3.00 bits per heavy atom. The van der Waals surface area contributed by atoms with E-state index in [1.54, 1.807) is 18.3 Å². The van der Waals surface area contributed by atoms with Gasteiger partial charge in [-0.05, 0) is 38.2 Å². The van der Waals surface area contributed by atoms with Gasteiger partial charge in [0.25, 0.3) is 11.5 Å². The summed E-state index contributed by atoms with van der Waals surface area (Å²) in [5.41, 5.74) is 3.05. The molecule has 1 aliphatic carbocycles. The van der Waals surface area contributed by atoms with Crippen LogP contribution in [0.25, 0.3) is 10.2 Å². The zero-order chi connectivity index (χ0) is 14.3. The van der Waals surface area contributed by atoms with Gasteiger partial charge in [0, 0.05) is 4.88 Å².